The number of hydrogen-bond donors (Lipinski definition) is 1. The van der Waals surface area contributed by atoms with Gasteiger partial charge in [0.2, 0.25) is 5.91 Å². The number of carbonyl (C=O) groups excluding carboxylic acids is 1. The molecule has 1 aliphatic rings. The molecule has 23 heavy (non-hydrogen) atoms. The van der Waals surface area contributed by atoms with Crippen molar-refractivity contribution in [1.29, 1.82) is 0 Å². The van der Waals surface area contributed by atoms with Crippen LogP contribution in [0.15, 0.2) is 6.20 Å². The van der Waals surface area contributed by atoms with Crippen LogP contribution in [0, 0.1) is 11.3 Å². The lowest BCUT2D eigenvalue weighted by Gasteiger charge is -2.36. The lowest BCUT2D eigenvalue weighted by Crippen LogP contribution is -2.45. The average molecular weight is 321 g/mol. The predicted octanol–water partition coefficient (Wildman–Crippen LogP) is 2.15. The first kappa shape index (κ1) is 17.9. The Labute approximate surface area is 139 Å². The summed E-state index contributed by atoms with van der Waals surface area (Å²) in [6, 6.07) is 0. The summed E-state index contributed by atoms with van der Waals surface area (Å²) in [5.74, 6) is 0.825. The lowest BCUT2D eigenvalue weighted by molar-refractivity contribution is -0.142. The standard InChI is InChI=1S/C17H31N5O/c1-6-16(2,3)15(23)21-9-7-13(8-10-21)11-22-12-14(19-20-22)17(4,5)18/h12-13H,6-11,18H2,1-5H3. The van der Waals surface area contributed by atoms with Gasteiger partial charge in [-0.15, -0.1) is 5.10 Å². The highest BCUT2D eigenvalue weighted by atomic mass is 16.2. The molecule has 2 heterocycles. The highest BCUT2D eigenvalue weighted by Gasteiger charge is 2.32. The second-order valence-corrected chi connectivity index (χ2v) is 8.02. The summed E-state index contributed by atoms with van der Waals surface area (Å²) in [4.78, 5) is 14.5. The largest absolute Gasteiger partial charge is 0.342 e. The van der Waals surface area contributed by atoms with E-state index in [4.69, 9.17) is 5.73 Å². The molecule has 0 radical (unpaired) electrons. The van der Waals surface area contributed by atoms with Gasteiger partial charge in [-0.2, -0.15) is 0 Å². The Kier molecular flexibility index (Phi) is 5.14. The Bertz CT molecular complexity index is 535. The zero-order chi connectivity index (χ0) is 17.3. The molecule has 0 aromatic carbocycles. The Morgan fingerprint density at radius 2 is 1.91 bits per heavy atom. The van der Waals surface area contributed by atoms with E-state index in [-0.39, 0.29) is 11.3 Å². The molecule has 6 nitrogen and oxygen atoms in total. The summed E-state index contributed by atoms with van der Waals surface area (Å²) in [5.41, 5.74) is 6.16. The van der Waals surface area contributed by atoms with Crippen LogP contribution in [0.25, 0.3) is 0 Å². The molecule has 1 aliphatic heterocycles. The van der Waals surface area contributed by atoms with Gasteiger partial charge in [0.05, 0.1) is 11.7 Å². The van der Waals surface area contributed by atoms with Crippen molar-refractivity contribution in [3.8, 4) is 0 Å². The Balaban J connectivity index is 1.88. The van der Waals surface area contributed by atoms with Crippen molar-refractivity contribution in [2.24, 2.45) is 17.1 Å². The minimum absolute atomic E-state index is 0.250. The zero-order valence-electron chi connectivity index (χ0n) is 15.2. The van der Waals surface area contributed by atoms with Crippen LogP contribution >= 0.6 is 0 Å². The van der Waals surface area contributed by atoms with Crippen molar-refractivity contribution in [3.05, 3.63) is 11.9 Å². The van der Waals surface area contributed by atoms with Gasteiger partial charge in [-0.1, -0.05) is 26.0 Å². The van der Waals surface area contributed by atoms with Crippen molar-refractivity contribution in [2.45, 2.75) is 66.0 Å². The quantitative estimate of drug-likeness (QED) is 0.901. The van der Waals surface area contributed by atoms with E-state index in [1.165, 1.54) is 0 Å². The van der Waals surface area contributed by atoms with Crippen molar-refractivity contribution >= 4 is 5.91 Å². The summed E-state index contributed by atoms with van der Waals surface area (Å²) >= 11 is 0. The Morgan fingerprint density at radius 3 is 2.39 bits per heavy atom. The highest BCUT2D eigenvalue weighted by molar-refractivity contribution is 5.81. The SMILES string of the molecule is CCC(C)(C)C(=O)N1CCC(Cn2cc(C(C)(C)N)nn2)CC1. The number of amides is 1. The maximum atomic E-state index is 12.5. The summed E-state index contributed by atoms with van der Waals surface area (Å²) < 4.78 is 1.89. The fourth-order valence-corrected chi connectivity index (χ4v) is 2.85. The van der Waals surface area contributed by atoms with E-state index in [9.17, 15) is 4.79 Å². The van der Waals surface area contributed by atoms with Gasteiger partial charge < -0.3 is 10.6 Å². The van der Waals surface area contributed by atoms with E-state index in [1.807, 2.05) is 43.5 Å². The van der Waals surface area contributed by atoms with Crippen LogP contribution in [0.2, 0.25) is 0 Å². The van der Waals surface area contributed by atoms with Crippen LogP contribution in [0.4, 0.5) is 0 Å². The monoisotopic (exact) mass is 321 g/mol. The average Bonchev–Trinajstić information content (AvgIpc) is 2.96. The van der Waals surface area contributed by atoms with Crippen LogP contribution in [0.3, 0.4) is 0 Å². The smallest absolute Gasteiger partial charge is 0.228 e. The molecule has 0 aliphatic carbocycles. The third kappa shape index (κ3) is 4.31. The second kappa shape index (κ2) is 6.59. The zero-order valence-corrected chi connectivity index (χ0v) is 15.2. The number of hydrogen-bond acceptors (Lipinski definition) is 4. The first-order valence-electron chi connectivity index (χ1n) is 8.62. The van der Waals surface area contributed by atoms with E-state index in [0.717, 1.165) is 44.6 Å². The van der Waals surface area contributed by atoms with Crippen LogP contribution in [-0.4, -0.2) is 38.9 Å². The molecule has 0 unspecified atom stereocenters. The van der Waals surface area contributed by atoms with Gasteiger partial charge in [-0.3, -0.25) is 9.48 Å². The molecule has 6 heteroatoms. The fraction of sp³-hybridized carbons (Fsp3) is 0.824. The number of nitrogens with two attached hydrogens (primary N) is 1. The fourth-order valence-electron chi connectivity index (χ4n) is 2.85. The van der Waals surface area contributed by atoms with E-state index in [2.05, 4.69) is 17.2 Å². The maximum Gasteiger partial charge on any atom is 0.228 e. The van der Waals surface area contributed by atoms with Gasteiger partial charge in [0.15, 0.2) is 0 Å². The molecule has 2 N–H and O–H groups in total. The summed E-state index contributed by atoms with van der Waals surface area (Å²) in [5, 5.41) is 8.35. The molecule has 0 saturated carbocycles. The van der Waals surface area contributed by atoms with E-state index < -0.39 is 5.54 Å². The summed E-state index contributed by atoms with van der Waals surface area (Å²) in [6.07, 6.45) is 4.86. The number of likely N-dealkylation sites (tertiary alicyclic amines) is 1. The van der Waals surface area contributed by atoms with E-state index >= 15 is 0 Å². The van der Waals surface area contributed by atoms with E-state index in [1.54, 1.807) is 0 Å². The number of rotatable bonds is 5. The molecule has 130 valence electrons. The van der Waals surface area contributed by atoms with Gasteiger partial charge >= 0.3 is 0 Å². The molecule has 1 aromatic rings. The lowest BCUT2D eigenvalue weighted by atomic mass is 9.87. The molecule has 2 rings (SSSR count). The molecule has 1 amide bonds. The van der Waals surface area contributed by atoms with Crippen molar-refractivity contribution in [2.75, 3.05) is 13.1 Å². The summed E-state index contributed by atoms with van der Waals surface area (Å²) in [7, 11) is 0. The first-order chi connectivity index (χ1) is 10.6. The second-order valence-electron chi connectivity index (χ2n) is 8.02. The summed E-state index contributed by atoms with van der Waals surface area (Å²) in [6.45, 7) is 12.5. The van der Waals surface area contributed by atoms with Gasteiger partial charge in [-0.05, 0) is 39.0 Å². The minimum Gasteiger partial charge on any atom is -0.342 e. The van der Waals surface area contributed by atoms with Crippen LogP contribution in [0.1, 0.15) is 59.6 Å². The molecule has 0 atom stereocenters. The molecule has 0 bridgehead atoms. The Hall–Kier alpha value is -1.43. The third-order valence-corrected chi connectivity index (χ3v) is 5.01. The topological polar surface area (TPSA) is 77.0 Å². The van der Waals surface area contributed by atoms with Crippen LogP contribution in [-0.2, 0) is 16.9 Å². The van der Waals surface area contributed by atoms with Gasteiger partial charge in [0.1, 0.15) is 5.69 Å². The van der Waals surface area contributed by atoms with Crippen molar-refractivity contribution in [1.82, 2.24) is 19.9 Å². The first-order valence-corrected chi connectivity index (χ1v) is 8.62. The van der Waals surface area contributed by atoms with Crippen LogP contribution in [0.5, 0.6) is 0 Å². The number of nitrogens with zero attached hydrogens (tertiary/aromatic N) is 4. The number of piperidine rings is 1. The number of carbonyl (C=O) groups is 1. The molecular weight excluding hydrogens is 290 g/mol. The van der Waals surface area contributed by atoms with Gasteiger partial charge in [-0.25, -0.2) is 0 Å². The minimum atomic E-state index is -0.459. The predicted molar refractivity (Wildman–Crippen MR) is 90.6 cm³/mol. The normalized spacial score (nSPS) is 17.6. The highest BCUT2D eigenvalue weighted by Crippen LogP contribution is 2.27. The molecule has 1 aromatic heterocycles. The van der Waals surface area contributed by atoms with E-state index in [0.29, 0.717) is 5.92 Å². The van der Waals surface area contributed by atoms with Crippen LogP contribution < -0.4 is 5.73 Å². The molecular formula is C17H31N5O. The molecule has 1 saturated heterocycles. The molecule has 1 fully saturated rings. The molecule has 0 spiro atoms. The van der Waals surface area contributed by atoms with Crippen molar-refractivity contribution < 1.29 is 4.79 Å². The third-order valence-electron chi connectivity index (χ3n) is 5.01. The number of aromatic nitrogens is 3. The van der Waals surface area contributed by atoms with Gasteiger partial charge in [0.25, 0.3) is 0 Å². The Morgan fingerprint density at radius 1 is 1.30 bits per heavy atom. The maximum absolute atomic E-state index is 12.5. The van der Waals surface area contributed by atoms with Gasteiger partial charge in [0, 0.05) is 25.0 Å². The van der Waals surface area contributed by atoms with Crippen molar-refractivity contribution in [3.63, 3.8) is 0 Å².